The van der Waals surface area contributed by atoms with Crippen molar-refractivity contribution in [2.45, 2.75) is 26.7 Å². The quantitative estimate of drug-likeness (QED) is 0.860. The first-order valence-corrected chi connectivity index (χ1v) is 7.32. The summed E-state index contributed by atoms with van der Waals surface area (Å²) in [6.07, 6.45) is 2.20. The summed E-state index contributed by atoms with van der Waals surface area (Å²) in [5, 5.41) is 0. The molecule has 110 valence electrons. The highest BCUT2D eigenvalue weighted by Crippen LogP contribution is 2.24. The van der Waals surface area contributed by atoms with E-state index in [2.05, 4.69) is 13.8 Å². The van der Waals surface area contributed by atoms with Crippen LogP contribution in [0.5, 0.6) is 5.75 Å². The Morgan fingerprint density at radius 2 is 1.90 bits per heavy atom. The molecule has 1 fully saturated rings. The number of anilines is 1. The molecule has 1 aliphatic heterocycles. The van der Waals surface area contributed by atoms with Crippen LogP contribution in [0.15, 0.2) is 24.3 Å². The fourth-order valence-electron chi connectivity index (χ4n) is 2.62. The second kappa shape index (κ2) is 6.64. The van der Waals surface area contributed by atoms with Gasteiger partial charge < -0.3 is 15.4 Å². The molecule has 1 amide bonds. The number of piperidine rings is 1. The Labute approximate surface area is 120 Å². The second-order valence-corrected chi connectivity index (χ2v) is 5.82. The first-order valence-electron chi connectivity index (χ1n) is 7.32. The van der Waals surface area contributed by atoms with Gasteiger partial charge in [0.15, 0.2) is 6.61 Å². The molecule has 0 spiro atoms. The van der Waals surface area contributed by atoms with E-state index < -0.39 is 0 Å². The highest BCUT2D eigenvalue weighted by atomic mass is 16.5. The Bertz CT molecular complexity index is 434. The molecule has 0 aliphatic carbocycles. The van der Waals surface area contributed by atoms with E-state index in [1.165, 1.54) is 0 Å². The minimum atomic E-state index is 0.0732. The van der Waals surface area contributed by atoms with Crippen LogP contribution in [0, 0.1) is 11.8 Å². The number of carbonyl (C=O) groups is 1. The standard InChI is InChI=1S/C16H24N2O2/c1-12(2)13-7-9-18(10-8-13)16(19)11-20-15-5-3-14(17)4-6-15/h3-6,12-13H,7-11,17H2,1-2H3. The zero-order valence-electron chi connectivity index (χ0n) is 12.3. The summed E-state index contributed by atoms with van der Waals surface area (Å²) >= 11 is 0. The number of nitrogens with zero attached hydrogens (tertiary/aromatic N) is 1. The molecule has 2 rings (SSSR count). The smallest absolute Gasteiger partial charge is 0.260 e. The molecule has 4 heteroatoms. The predicted octanol–water partition coefficient (Wildman–Crippen LogP) is 2.54. The lowest BCUT2D eigenvalue weighted by atomic mass is 9.87. The van der Waals surface area contributed by atoms with E-state index in [0.717, 1.165) is 31.8 Å². The van der Waals surface area contributed by atoms with Crippen LogP contribution in [0.3, 0.4) is 0 Å². The van der Waals surface area contributed by atoms with Crippen LogP contribution in [-0.2, 0) is 4.79 Å². The summed E-state index contributed by atoms with van der Waals surface area (Å²) in [6, 6.07) is 7.11. The molecule has 20 heavy (non-hydrogen) atoms. The zero-order chi connectivity index (χ0) is 14.5. The molecule has 1 aliphatic rings. The number of nitrogen functional groups attached to an aromatic ring is 1. The Morgan fingerprint density at radius 1 is 1.30 bits per heavy atom. The molecule has 0 radical (unpaired) electrons. The Balaban J connectivity index is 1.77. The summed E-state index contributed by atoms with van der Waals surface area (Å²) in [4.78, 5) is 14.0. The normalized spacial score (nSPS) is 16.4. The summed E-state index contributed by atoms with van der Waals surface area (Å²) in [6.45, 7) is 6.33. The minimum absolute atomic E-state index is 0.0732. The number of ether oxygens (including phenoxy) is 1. The monoisotopic (exact) mass is 276 g/mol. The Hall–Kier alpha value is -1.71. The van der Waals surface area contributed by atoms with E-state index in [1.807, 2.05) is 4.90 Å². The highest BCUT2D eigenvalue weighted by Gasteiger charge is 2.24. The van der Waals surface area contributed by atoms with Crippen molar-refractivity contribution in [2.75, 3.05) is 25.4 Å². The molecule has 1 saturated heterocycles. The number of amides is 1. The van der Waals surface area contributed by atoms with Crippen molar-refractivity contribution >= 4 is 11.6 Å². The third kappa shape index (κ3) is 3.89. The molecule has 0 saturated carbocycles. The van der Waals surface area contributed by atoms with Crippen LogP contribution >= 0.6 is 0 Å². The number of benzene rings is 1. The van der Waals surface area contributed by atoms with Crippen molar-refractivity contribution < 1.29 is 9.53 Å². The predicted molar refractivity (Wildman–Crippen MR) is 80.5 cm³/mol. The number of likely N-dealkylation sites (tertiary alicyclic amines) is 1. The van der Waals surface area contributed by atoms with E-state index in [1.54, 1.807) is 24.3 Å². The van der Waals surface area contributed by atoms with Gasteiger partial charge in [-0.2, -0.15) is 0 Å². The van der Waals surface area contributed by atoms with E-state index in [0.29, 0.717) is 17.4 Å². The molecular formula is C16H24N2O2. The van der Waals surface area contributed by atoms with E-state index in [9.17, 15) is 4.79 Å². The summed E-state index contributed by atoms with van der Waals surface area (Å²) in [5.74, 6) is 2.21. The molecule has 0 aromatic heterocycles. The van der Waals surface area contributed by atoms with Gasteiger partial charge in [-0.1, -0.05) is 13.8 Å². The van der Waals surface area contributed by atoms with Gasteiger partial charge in [0.1, 0.15) is 5.75 Å². The first-order chi connectivity index (χ1) is 9.56. The third-order valence-electron chi connectivity index (χ3n) is 4.08. The molecule has 0 bridgehead atoms. The van der Waals surface area contributed by atoms with Crippen LogP contribution < -0.4 is 10.5 Å². The van der Waals surface area contributed by atoms with Crippen molar-refractivity contribution in [3.63, 3.8) is 0 Å². The van der Waals surface area contributed by atoms with Crippen LogP contribution in [0.2, 0.25) is 0 Å². The molecular weight excluding hydrogens is 252 g/mol. The van der Waals surface area contributed by atoms with Gasteiger partial charge in [-0.3, -0.25) is 4.79 Å². The lowest BCUT2D eigenvalue weighted by Gasteiger charge is -2.33. The summed E-state index contributed by atoms with van der Waals surface area (Å²) in [5.41, 5.74) is 6.30. The van der Waals surface area contributed by atoms with Crippen LogP contribution in [0.25, 0.3) is 0 Å². The third-order valence-corrected chi connectivity index (χ3v) is 4.08. The Morgan fingerprint density at radius 3 is 2.45 bits per heavy atom. The molecule has 1 aromatic rings. The van der Waals surface area contributed by atoms with Crippen molar-refractivity contribution in [3.05, 3.63) is 24.3 Å². The fourth-order valence-corrected chi connectivity index (χ4v) is 2.62. The summed E-state index contributed by atoms with van der Waals surface area (Å²) < 4.78 is 5.50. The average molecular weight is 276 g/mol. The van der Waals surface area contributed by atoms with Crippen LogP contribution in [0.1, 0.15) is 26.7 Å². The lowest BCUT2D eigenvalue weighted by Crippen LogP contribution is -2.41. The average Bonchev–Trinajstić information content (AvgIpc) is 2.46. The zero-order valence-corrected chi connectivity index (χ0v) is 12.3. The van der Waals surface area contributed by atoms with Gasteiger partial charge in [0.05, 0.1) is 0 Å². The molecule has 0 unspecified atom stereocenters. The van der Waals surface area contributed by atoms with Gasteiger partial charge in [-0.25, -0.2) is 0 Å². The molecule has 0 atom stereocenters. The summed E-state index contributed by atoms with van der Waals surface area (Å²) in [7, 11) is 0. The van der Waals surface area contributed by atoms with Crippen LogP contribution in [-0.4, -0.2) is 30.5 Å². The van der Waals surface area contributed by atoms with Gasteiger partial charge >= 0.3 is 0 Å². The number of carbonyl (C=O) groups excluding carboxylic acids is 1. The number of hydrogen-bond acceptors (Lipinski definition) is 3. The van der Waals surface area contributed by atoms with Gasteiger partial charge in [0.2, 0.25) is 0 Å². The fraction of sp³-hybridized carbons (Fsp3) is 0.562. The molecule has 1 aromatic carbocycles. The Kier molecular flexibility index (Phi) is 4.88. The number of nitrogens with two attached hydrogens (primary N) is 1. The molecule has 4 nitrogen and oxygen atoms in total. The van der Waals surface area contributed by atoms with E-state index >= 15 is 0 Å². The van der Waals surface area contributed by atoms with Gasteiger partial charge in [-0.05, 0) is 48.9 Å². The first kappa shape index (κ1) is 14.7. The largest absolute Gasteiger partial charge is 0.484 e. The van der Waals surface area contributed by atoms with Crippen LogP contribution in [0.4, 0.5) is 5.69 Å². The lowest BCUT2D eigenvalue weighted by molar-refractivity contribution is -0.135. The molecule has 2 N–H and O–H groups in total. The van der Waals surface area contributed by atoms with Gasteiger partial charge in [0, 0.05) is 18.8 Å². The second-order valence-electron chi connectivity index (χ2n) is 5.82. The molecule has 1 heterocycles. The highest BCUT2D eigenvalue weighted by molar-refractivity contribution is 5.77. The SMILES string of the molecule is CC(C)C1CCN(C(=O)COc2ccc(N)cc2)CC1. The van der Waals surface area contributed by atoms with E-state index in [-0.39, 0.29) is 12.5 Å². The number of rotatable bonds is 4. The minimum Gasteiger partial charge on any atom is -0.484 e. The topological polar surface area (TPSA) is 55.6 Å². The maximum Gasteiger partial charge on any atom is 0.260 e. The van der Waals surface area contributed by atoms with Gasteiger partial charge in [0.25, 0.3) is 5.91 Å². The van der Waals surface area contributed by atoms with Crippen molar-refractivity contribution in [1.82, 2.24) is 4.90 Å². The van der Waals surface area contributed by atoms with Gasteiger partial charge in [-0.15, -0.1) is 0 Å². The maximum absolute atomic E-state index is 12.1. The number of hydrogen-bond donors (Lipinski definition) is 1. The van der Waals surface area contributed by atoms with Crippen molar-refractivity contribution in [3.8, 4) is 5.75 Å². The van der Waals surface area contributed by atoms with E-state index in [4.69, 9.17) is 10.5 Å². The van der Waals surface area contributed by atoms with Crippen molar-refractivity contribution in [2.24, 2.45) is 11.8 Å². The van der Waals surface area contributed by atoms with Crippen molar-refractivity contribution in [1.29, 1.82) is 0 Å². The maximum atomic E-state index is 12.1.